The first-order valence-electron chi connectivity index (χ1n) is 18.5. The lowest BCUT2D eigenvalue weighted by Crippen LogP contribution is -2.40. The normalized spacial score (nSPS) is 13.2. The fourth-order valence-corrected chi connectivity index (χ4v) is 7.82. The van der Waals surface area contributed by atoms with E-state index in [2.05, 4.69) is 45.3 Å². The van der Waals surface area contributed by atoms with Gasteiger partial charge in [0.2, 0.25) is 0 Å². The molecule has 2 N–H and O–H groups in total. The van der Waals surface area contributed by atoms with Crippen LogP contribution in [0.15, 0.2) is 77.0 Å². The number of carbonyl (C=O) groups excluding carboxylic acids is 1. The second-order valence-corrected chi connectivity index (χ2v) is 14.5. The Morgan fingerprint density at radius 3 is 2.34 bits per heavy atom. The average molecular weight is 735 g/mol. The predicted octanol–water partition coefficient (Wildman–Crippen LogP) is 8.57. The van der Waals surface area contributed by atoms with Crippen molar-refractivity contribution in [3.8, 4) is 33.1 Å². The van der Waals surface area contributed by atoms with Crippen molar-refractivity contribution in [1.29, 1.82) is 0 Å². The van der Waals surface area contributed by atoms with Crippen LogP contribution in [-0.4, -0.2) is 54.9 Å². The highest BCUT2D eigenvalue weighted by molar-refractivity contribution is 7.13. The number of aromatic nitrogens is 2. The molecule has 278 valence electrons. The number of pyridine rings is 1. The zero-order valence-electron chi connectivity index (χ0n) is 31.4. The van der Waals surface area contributed by atoms with Crippen molar-refractivity contribution in [3.05, 3.63) is 116 Å². The first-order valence-corrected chi connectivity index (χ1v) is 19.4. The van der Waals surface area contributed by atoms with Gasteiger partial charge in [0.25, 0.3) is 11.5 Å². The molecular weight excluding hydrogens is 685 g/mol. The van der Waals surface area contributed by atoms with Crippen molar-refractivity contribution < 1.29 is 19.0 Å². The molecular formula is C43H50N4O5S. The smallest absolute Gasteiger partial charge is 0.253 e. The lowest BCUT2D eigenvalue weighted by atomic mass is 9.95. The molecule has 6 rings (SSSR count). The highest BCUT2D eigenvalue weighted by atomic mass is 32.1. The van der Waals surface area contributed by atoms with Crippen molar-refractivity contribution in [2.24, 2.45) is 0 Å². The predicted molar refractivity (Wildman–Crippen MR) is 214 cm³/mol. The fraction of sp³-hybridized carbons (Fsp3) is 0.372. The van der Waals surface area contributed by atoms with E-state index in [-0.39, 0.29) is 18.0 Å². The van der Waals surface area contributed by atoms with E-state index < -0.39 is 0 Å². The number of amides is 1. The van der Waals surface area contributed by atoms with Crippen LogP contribution in [0.2, 0.25) is 0 Å². The topological polar surface area (TPSA) is 106 Å². The summed E-state index contributed by atoms with van der Waals surface area (Å²) in [5.41, 5.74) is 10.6. The fourth-order valence-electron chi connectivity index (χ4n) is 7.02. The molecule has 1 amide bonds. The van der Waals surface area contributed by atoms with Crippen LogP contribution >= 0.6 is 11.3 Å². The maximum atomic E-state index is 13.9. The van der Waals surface area contributed by atoms with Crippen molar-refractivity contribution in [2.75, 3.05) is 37.9 Å². The molecule has 0 aliphatic carbocycles. The summed E-state index contributed by atoms with van der Waals surface area (Å²) in [5.74, 6) is 1.45. The second-order valence-electron chi connectivity index (χ2n) is 13.6. The summed E-state index contributed by atoms with van der Waals surface area (Å²) in [4.78, 5) is 37.3. The van der Waals surface area contributed by atoms with Crippen LogP contribution in [0.4, 0.5) is 5.69 Å². The van der Waals surface area contributed by atoms with Gasteiger partial charge in [0.15, 0.2) is 0 Å². The number of hydrogen-bond donors (Lipinski definition) is 2. The van der Waals surface area contributed by atoms with Gasteiger partial charge in [-0.25, -0.2) is 4.98 Å². The minimum Gasteiger partial charge on any atom is -0.494 e. The summed E-state index contributed by atoms with van der Waals surface area (Å²) in [6.45, 7) is 13.6. The summed E-state index contributed by atoms with van der Waals surface area (Å²) >= 11 is 1.64. The van der Waals surface area contributed by atoms with Crippen molar-refractivity contribution in [1.82, 2.24) is 15.3 Å². The maximum absolute atomic E-state index is 13.9. The Morgan fingerprint density at radius 1 is 0.925 bits per heavy atom. The molecule has 0 saturated carbocycles. The Balaban J connectivity index is 1.12. The molecule has 1 fully saturated rings. The summed E-state index contributed by atoms with van der Waals surface area (Å²) in [7, 11) is 0. The Morgan fingerprint density at radius 2 is 1.66 bits per heavy atom. The molecule has 9 nitrogen and oxygen atoms in total. The summed E-state index contributed by atoms with van der Waals surface area (Å²) in [6, 6.07) is 22.7. The number of anilines is 1. The molecule has 1 saturated heterocycles. The Bertz CT molecular complexity index is 2070. The molecule has 2 aromatic heterocycles. The number of nitrogens with zero attached hydrogens (tertiary/aromatic N) is 2. The van der Waals surface area contributed by atoms with Crippen LogP contribution in [0.3, 0.4) is 0 Å². The largest absolute Gasteiger partial charge is 0.494 e. The van der Waals surface area contributed by atoms with E-state index in [0.29, 0.717) is 30.4 Å². The zero-order chi connectivity index (χ0) is 37.3. The van der Waals surface area contributed by atoms with Gasteiger partial charge in [-0.3, -0.25) is 9.59 Å². The Kier molecular flexibility index (Phi) is 12.6. The van der Waals surface area contributed by atoms with Crippen LogP contribution in [0.25, 0.3) is 21.6 Å². The second kappa shape index (κ2) is 17.7. The Labute approximate surface area is 316 Å². The summed E-state index contributed by atoms with van der Waals surface area (Å²) < 4.78 is 17.8. The van der Waals surface area contributed by atoms with Crippen molar-refractivity contribution in [3.63, 3.8) is 0 Å². The Hall–Kier alpha value is -4.93. The van der Waals surface area contributed by atoms with E-state index in [0.717, 1.165) is 102 Å². The molecule has 0 spiro atoms. The SMILES string of the molecule is CCN(c1cc(-c2ccc(OCCCCOc3cccc(-c4scnc4C)c3)cc2)cc(C(=O)NCc2c(C)cc(C)[nH]c2=O)c1C)C1CCOCC1. The lowest BCUT2D eigenvalue weighted by Gasteiger charge is -2.37. The molecule has 1 aliphatic rings. The number of thiazole rings is 1. The molecule has 0 radical (unpaired) electrons. The summed E-state index contributed by atoms with van der Waals surface area (Å²) in [6.07, 6.45) is 3.61. The minimum absolute atomic E-state index is 0.148. The quantitative estimate of drug-likeness (QED) is 0.104. The van der Waals surface area contributed by atoms with E-state index in [9.17, 15) is 9.59 Å². The number of benzene rings is 3. The molecule has 0 bridgehead atoms. The van der Waals surface area contributed by atoms with Crippen LogP contribution in [0.1, 0.15) is 71.0 Å². The van der Waals surface area contributed by atoms with Gasteiger partial charge in [-0.15, -0.1) is 11.3 Å². The minimum atomic E-state index is -0.209. The number of rotatable bonds is 15. The highest BCUT2D eigenvalue weighted by Crippen LogP contribution is 2.35. The van der Waals surface area contributed by atoms with E-state index in [1.165, 1.54) is 4.88 Å². The number of aryl methyl sites for hydroxylation is 3. The molecule has 5 aromatic rings. The number of aromatic amines is 1. The maximum Gasteiger partial charge on any atom is 0.253 e. The van der Waals surface area contributed by atoms with Gasteiger partial charge in [0.1, 0.15) is 11.5 Å². The zero-order valence-corrected chi connectivity index (χ0v) is 32.2. The summed E-state index contributed by atoms with van der Waals surface area (Å²) in [5, 5.41) is 3.04. The molecule has 53 heavy (non-hydrogen) atoms. The number of hydrogen-bond acceptors (Lipinski definition) is 8. The monoisotopic (exact) mass is 734 g/mol. The first kappa shape index (κ1) is 37.8. The van der Waals surface area contributed by atoms with Gasteiger partial charge in [0, 0.05) is 54.9 Å². The molecule has 3 heterocycles. The van der Waals surface area contributed by atoms with Gasteiger partial charge in [0.05, 0.1) is 29.3 Å². The number of carbonyl (C=O) groups is 1. The first-order chi connectivity index (χ1) is 25.7. The number of ether oxygens (including phenoxy) is 3. The lowest BCUT2D eigenvalue weighted by molar-refractivity contribution is 0.0846. The molecule has 3 aromatic carbocycles. The van der Waals surface area contributed by atoms with Crippen LogP contribution in [0.5, 0.6) is 11.5 Å². The molecule has 0 atom stereocenters. The standard InChI is InChI=1S/C43H50N4O5S/c1-6-47(35-16-20-50-21-17-35)40-25-34(24-38(30(40)4)42(48)44-26-39-28(2)22-29(3)46-43(39)49)32-12-14-36(15-13-32)51-18-7-8-19-52-37-11-9-10-33(23-37)41-31(5)45-27-53-41/h9-15,22-25,27,35H,6-8,16-21,26H2,1-5H3,(H,44,48)(H,46,49). The average Bonchev–Trinajstić information content (AvgIpc) is 3.60. The van der Waals surface area contributed by atoms with E-state index in [4.69, 9.17) is 14.2 Å². The molecule has 10 heteroatoms. The van der Waals surface area contributed by atoms with E-state index in [1.807, 2.05) is 81.7 Å². The van der Waals surface area contributed by atoms with E-state index in [1.54, 1.807) is 11.3 Å². The van der Waals surface area contributed by atoms with Gasteiger partial charge < -0.3 is 29.4 Å². The highest BCUT2D eigenvalue weighted by Gasteiger charge is 2.25. The number of unbranched alkanes of at least 4 members (excludes halogenated alkanes) is 1. The third kappa shape index (κ3) is 9.36. The number of nitrogens with one attached hydrogen (secondary N) is 2. The van der Waals surface area contributed by atoms with Crippen LogP contribution in [-0.2, 0) is 11.3 Å². The third-order valence-corrected chi connectivity index (χ3v) is 10.9. The van der Waals surface area contributed by atoms with Crippen LogP contribution in [0, 0.1) is 27.7 Å². The van der Waals surface area contributed by atoms with Crippen molar-refractivity contribution in [2.45, 2.75) is 72.9 Å². The number of H-pyrrole nitrogens is 1. The van der Waals surface area contributed by atoms with E-state index >= 15 is 0 Å². The van der Waals surface area contributed by atoms with Crippen molar-refractivity contribution >= 4 is 22.9 Å². The van der Waals surface area contributed by atoms with Gasteiger partial charge in [-0.1, -0.05) is 24.3 Å². The molecule has 1 aliphatic heterocycles. The molecule has 0 unspecified atom stereocenters. The van der Waals surface area contributed by atoms with Gasteiger partial charge in [-0.2, -0.15) is 0 Å². The van der Waals surface area contributed by atoms with Gasteiger partial charge in [-0.05, 0) is 131 Å². The van der Waals surface area contributed by atoms with Crippen LogP contribution < -0.4 is 25.2 Å². The third-order valence-electron chi connectivity index (χ3n) is 9.93. The van der Waals surface area contributed by atoms with Gasteiger partial charge >= 0.3 is 0 Å².